The Hall–Kier alpha value is -5.28. The van der Waals surface area contributed by atoms with Crippen LogP contribution >= 0.6 is 0 Å². The van der Waals surface area contributed by atoms with Crippen molar-refractivity contribution in [3.05, 3.63) is 94.3 Å². The molecule has 3 fully saturated rings. The third kappa shape index (κ3) is 9.84. The van der Waals surface area contributed by atoms with Gasteiger partial charge in [0.1, 0.15) is 22.1 Å². The molecule has 0 amide bonds. The van der Waals surface area contributed by atoms with Crippen molar-refractivity contribution < 1.29 is 18.9 Å². The molecule has 4 atom stereocenters. The zero-order valence-corrected chi connectivity index (χ0v) is 35.5. The Bertz CT molecular complexity index is 2320. The Labute approximate surface area is 352 Å². The van der Waals surface area contributed by atoms with E-state index in [1.54, 1.807) is 0 Å². The molecule has 0 saturated carbocycles. The summed E-state index contributed by atoms with van der Waals surface area (Å²) in [7, 11) is 0. The second-order valence-electron chi connectivity index (χ2n) is 16.6. The largest absolute Gasteiger partial charge is 0.463 e. The molecule has 9 rings (SSSR count). The van der Waals surface area contributed by atoms with Crippen LogP contribution in [0, 0.1) is 0 Å². The molecule has 0 radical (unpaired) electrons. The van der Waals surface area contributed by atoms with Gasteiger partial charge in [0.15, 0.2) is 11.6 Å². The average Bonchev–Trinajstić information content (AvgIpc) is 3.82. The molecule has 4 aromatic heterocycles. The fourth-order valence-electron chi connectivity index (χ4n) is 8.25. The third-order valence-corrected chi connectivity index (χ3v) is 11.6. The van der Waals surface area contributed by atoms with Gasteiger partial charge in [0.25, 0.3) is 0 Å². The summed E-state index contributed by atoms with van der Waals surface area (Å²) in [6, 6.07) is 19.0. The minimum atomic E-state index is 0.287. The van der Waals surface area contributed by atoms with Crippen molar-refractivity contribution in [1.29, 1.82) is 0 Å². The molecule has 0 spiro atoms. The third-order valence-electron chi connectivity index (χ3n) is 11.6. The highest BCUT2D eigenvalue weighted by molar-refractivity contribution is 5.88. The Morgan fingerprint density at radius 2 is 1.15 bits per heavy atom. The van der Waals surface area contributed by atoms with E-state index in [1.165, 1.54) is 22.3 Å². The van der Waals surface area contributed by atoms with E-state index in [-0.39, 0.29) is 12.2 Å². The maximum Gasteiger partial charge on any atom is 0.319 e. The van der Waals surface area contributed by atoms with Gasteiger partial charge < -0.3 is 40.4 Å². The van der Waals surface area contributed by atoms with Crippen LogP contribution in [0.25, 0.3) is 22.1 Å². The number of likely N-dealkylation sites (tertiary alicyclic amines) is 1. The van der Waals surface area contributed by atoms with E-state index in [0.29, 0.717) is 49.0 Å². The minimum Gasteiger partial charge on any atom is -0.463 e. The molecule has 3 saturated heterocycles. The first kappa shape index (κ1) is 41.5. The number of aromatic amines is 2. The van der Waals surface area contributed by atoms with Crippen molar-refractivity contribution in [3.8, 4) is 12.0 Å². The number of nitrogens with zero attached hydrogens (tertiary/aromatic N) is 6. The number of nitrogens with two attached hydrogens (primary N) is 2. The lowest BCUT2D eigenvalue weighted by Gasteiger charge is -2.55. The van der Waals surface area contributed by atoms with Crippen LogP contribution in [0.3, 0.4) is 0 Å². The number of rotatable bonds is 16. The molecular formula is C46H60N10O4. The SMILES string of the molecule is CCCCOc1nc(N)c2[nH]cc(Cc3ccc(CN4CC(C)OC(C)C4)cc3)c2n1.CCCCOc1nc(N)c2[nH]cc(Cc3ccc(CN4CC5OCC54)cc3)c2n1. The van der Waals surface area contributed by atoms with Crippen LogP contribution < -0.4 is 20.9 Å². The zero-order valence-electron chi connectivity index (χ0n) is 35.5. The molecule has 2 aromatic carbocycles. The van der Waals surface area contributed by atoms with E-state index < -0.39 is 0 Å². The van der Waals surface area contributed by atoms with Crippen LogP contribution in [0.4, 0.5) is 11.6 Å². The number of unbranched alkanes of at least 4 members (excludes halogenated alkanes) is 2. The van der Waals surface area contributed by atoms with Gasteiger partial charge in [-0.2, -0.15) is 19.9 Å². The average molecular weight is 817 g/mol. The van der Waals surface area contributed by atoms with E-state index in [0.717, 1.165) is 111 Å². The maximum absolute atomic E-state index is 6.12. The van der Waals surface area contributed by atoms with Crippen molar-refractivity contribution in [2.24, 2.45) is 0 Å². The molecule has 3 aliphatic rings. The molecule has 14 heteroatoms. The fraction of sp³-hybridized carbons (Fsp3) is 0.478. The molecule has 0 aliphatic carbocycles. The quantitative estimate of drug-likeness (QED) is 0.0752. The number of nitrogen functional groups attached to an aromatic ring is 2. The lowest BCUT2D eigenvalue weighted by atomic mass is 9.94. The van der Waals surface area contributed by atoms with Crippen LogP contribution in [0.15, 0.2) is 60.9 Å². The smallest absolute Gasteiger partial charge is 0.319 e. The number of fused-ring (bicyclic) bond motifs is 3. The van der Waals surface area contributed by atoms with Crippen LogP contribution in [-0.2, 0) is 35.4 Å². The van der Waals surface area contributed by atoms with Crippen LogP contribution in [0.2, 0.25) is 0 Å². The maximum atomic E-state index is 6.12. The van der Waals surface area contributed by atoms with Gasteiger partial charge in [0.05, 0.1) is 44.2 Å². The number of ether oxygens (including phenoxy) is 4. The number of hydrogen-bond acceptors (Lipinski definition) is 12. The van der Waals surface area contributed by atoms with Gasteiger partial charge in [-0.05, 0) is 48.9 Å². The summed E-state index contributed by atoms with van der Waals surface area (Å²) < 4.78 is 22.7. The Balaban J connectivity index is 0.000000167. The molecule has 14 nitrogen and oxygen atoms in total. The highest BCUT2D eigenvalue weighted by Gasteiger charge is 2.46. The topological polar surface area (TPSA) is 179 Å². The normalized spacial score (nSPS) is 20.3. The number of benzene rings is 2. The summed E-state index contributed by atoms with van der Waals surface area (Å²) in [6.45, 7) is 15.6. The molecule has 7 heterocycles. The van der Waals surface area contributed by atoms with Gasteiger partial charge in [-0.3, -0.25) is 9.80 Å². The van der Waals surface area contributed by atoms with E-state index in [4.69, 9.17) is 30.4 Å². The highest BCUT2D eigenvalue weighted by Crippen LogP contribution is 2.32. The van der Waals surface area contributed by atoms with Crippen molar-refractivity contribution in [2.45, 2.75) is 104 Å². The summed E-state index contributed by atoms with van der Waals surface area (Å²) in [5.74, 6) is 0.850. The van der Waals surface area contributed by atoms with Gasteiger partial charge in [0, 0.05) is 69.1 Å². The number of morpholine rings is 2. The van der Waals surface area contributed by atoms with Gasteiger partial charge in [0.2, 0.25) is 0 Å². The molecule has 4 unspecified atom stereocenters. The van der Waals surface area contributed by atoms with Crippen molar-refractivity contribution >= 4 is 33.7 Å². The lowest BCUT2D eigenvalue weighted by molar-refractivity contribution is -0.217. The van der Waals surface area contributed by atoms with Crippen molar-refractivity contribution in [3.63, 3.8) is 0 Å². The van der Waals surface area contributed by atoms with E-state index in [1.807, 2.05) is 12.4 Å². The Morgan fingerprint density at radius 1 is 0.667 bits per heavy atom. The highest BCUT2D eigenvalue weighted by atomic mass is 16.5. The second-order valence-corrected chi connectivity index (χ2v) is 16.6. The zero-order chi connectivity index (χ0) is 41.6. The van der Waals surface area contributed by atoms with Crippen LogP contribution in [0.1, 0.15) is 86.8 Å². The van der Waals surface area contributed by atoms with Gasteiger partial charge in [-0.25, -0.2) is 0 Å². The van der Waals surface area contributed by atoms with Gasteiger partial charge in [-0.1, -0.05) is 75.2 Å². The van der Waals surface area contributed by atoms with Crippen LogP contribution in [0.5, 0.6) is 12.0 Å². The lowest BCUT2D eigenvalue weighted by Crippen LogP contribution is -2.69. The predicted molar refractivity (Wildman–Crippen MR) is 235 cm³/mol. The van der Waals surface area contributed by atoms with E-state index in [9.17, 15) is 0 Å². The van der Waals surface area contributed by atoms with E-state index >= 15 is 0 Å². The van der Waals surface area contributed by atoms with E-state index in [2.05, 4.69) is 116 Å². The first-order chi connectivity index (χ1) is 29.2. The molecular weight excluding hydrogens is 757 g/mol. The molecule has 3 aliphatic heterocycles. The molecule has 6 N–H and O–H groups in total. The summed E-state index contributed by atoms with van der Waals surface area (Å²) in [6.07, 6.45) is 10.6. The first-order valence-electron chi connectivity index (χ1n) is 21.6. The number of nitrogens with one attached hydrogen (secondary N) is 2. The Kier molecular flexibility index (Phi) is 13.1. The summed E-state index contributed by atoms with van der Waals surface area (Å²) >= 11 is 0. The molecule has 60 heavy (non-hydrogen) atoms. The monoisotopic (exact) mass is 816 g/mol. The molecule has 6 aromatic rings. The van der Waals surface area contributed by atoms with Crippen LogP contribution in [-0.4, -0.2) is 104 Å². The van der Waals surface area contributed by atoms with Gasteiger partial charge in [-0.15, -0.1) is 0 Å². The Morgan fingerprint density at radius 3 is 1.58 bits per heavy atom. The number of anilines is 2. The first-order valence-corrected chi connectivity index (χ1v) is 21.6. The summed E-state index contributed by atoms with van der Waals surface area (Å²) in [5, 5.41) is 0. The second kappa shape index (κ2) is 19.0. The number of aromatic nitrogens is 6. The molecule has 0 bridgehead atoms. The minimum absolute atomic E-state index is 0.287. The summed E-state index contributed by atoms with van der Waals surface area (Å²) in [5.41, 5.74) is 22.8. The van der Waals surface area contributed by atoms with Crippen molar-refractivity contribution in [2.75, 3.05) is 50.9 Å². The standard InChI is InChI=1S/C24H33N5O2.C22H27N5O2/c1-4-5-10-30-24-27-21-20(12-26-22(21)23(25)28-24)11-18-6-8-19(9-7-18)15-29-13-16(2)31-17(3)14-29;1-2-3-8-28-22-25-19-16(10-24-20(19)21(23)26-22)9-14-4-6-15(7-5-14)11-27-12-18-17(27)13-29-18/h6-9,12,16-17,26H,4-5,10-11,13-15H2,1-3H3,(H2,25,27,28);4-7,10,17-18,24H,2-3,8-9,11-13H2,1H3,(H2,23,25,26). The fourth-order valence-corrected chi connectivity index (χ4v) is 8.25. The van der Waals surface area contributed by atoms with Crippen molar-refractivity contribution in [1.82, 2.24) is 39.7 Å². The number of H-pyrrole nitrogens is 2. The predicted octanol–water partition coefficient (Wildman–Crippen LogP) is 6.81. The number of hydrogen-bond donors (Lipinski definition) is 4. The summed E-state index contributed by atoms with van der Waals surface area (Å²) in [4.78, 5) is 29.1. The molecule has 318 valence electrons. The van der Waals surface area contributed by atoms with Gasteiger partial charge >= 0.3 is 12.0 Å².